The molecule has 9 heteroatoms. The monoisotopic (exact) mass is 416 g/mol. The van der Waals surface area contributed by atoms with Gasteiger partial charge in [0, 0.05) is 37.7 Å². The number of nitrogens with one attached hydrogen (secondary N) is 2. The van der Waals surface area contributed by atoms with E-state index in [2.05, 4.69) is 20.8 Å². The minimum Gasteiger partial charge on any atom is -0.487 e. The summed E-state index contributed by atoms with van der Waals surface area (Å²) < 4.78 is 11.8. The Balaban J connectivity index is 1.32. The lowest BCUT2D eigenvalue weighted by Crippen LogP contribution is -2.48. The maximum absolute atomic E-state index is 12.6. The van der Waals surface area contributed by atoms with Gasteiger partial charge in [0.15, 0.2) is 0 Å². The van der Waals surface area contributed by atoms with Crippen LogP contribution in [-0.2, 0) is 14.3 Å². The fraction of sp³-hybridized carbons (Fsp3) is 0.500. The molecule has 2 aliphatic heterocycles. The van der Waals surface area contributed by atoms with Crippen LogP contribution in [0.3, 0.4) is 0 Å². The molecule has 0 aliphatic carbocycles. The summed E-state index contributed by atoms with van der Waals surface area (Å²) in [5.74, 6) is 0.618. The number of anilines is 1. The molecule has 0 bridgehead atoms. The van der Waals surface area contributed by atoms with Gasteiger partial charge in [-0.1, -0.05) is 29.5 Å². The third-order valence-electron chi connectivity index (χ3n) is 5.35. The molecular formula is C20H24N4O4S. The van der Waals surface area contributed by atoms with E-state index in [0.29, 0.717) is 31.2 Å². The van der Waals surface area contributed by atoms with Crippen LogP contribution in [0.5, 0.6) is 5.75 Å². The highest BCUT2D eigenvalue weighted by Gasteiger charge is 2.42. The van der Waals surface area contributed by atoms with Crippen LogP contribution in [-0.4, -0.2) is 40.8 Å². The number of carbonyl (C=O) groups is 2. The average Bonchev–Trinajstić information content (AvgIpc) is 3.21. The second kappa shape index (κ2) is 8.87. The molecule has 1 unspecified atom stereocenters. The van der Waals surface area contributed by atoms with Crippen LogP contribution in [0, 0.1) is 0 Å². The number of fused-ring (bicyclic) bond motifs is 1. The Labute approximate surface area is 173 Å². The Bertz CT molecular complexity index is 852. The number of amides is 2. The van der Waals surface area contributed by atoms with Crippen molar-refractivity contribution in [1.29, 1.82) is 0 Å². The third-order valence-corrected chi connectivity index (χ3v) is 5.96. The standard InChI is InChI=1S/C20H24N4O4S/c25-17(6-3-7-18(26)23-19-24-21-13-29-19)22-15-12-20(8-10-27-11-9-20)28-16-5-2-1-4-14(15)16/h1-2,4-5,13,15H,3,6-12H2,(H,22,25)(H,23,24,26). The van der Waals surface area contributed by atoms with Gasteiger partial charge in [0.05, 0.1) is 19.3 Å². The maximum atomic E-state index is 12.6. The molecule has 2 aliphatic rings. The Morgan fingerprint density at radius 1 is 1.17 bits per heavy atom. The quantitative estimate of drug-likeness (QED) is 0.751. The van der Waals surface area contributed by atoms with Crippen LogP contribution in [0.4, 0.5) is 5.13 Å². The summed E-state index contributed by atoms with van der Waals surface area (Å²) in [6.45, 7) is 1.35. The van der Waals surface area contributed by atoms with E-state index in [0.717, 1.165) is 30.6 Å². The fourth-order valence-corrected chi connectivity index (χ4v) is 4.34. The first-order chi connectivity index (χ1) is 14.1. The molecule has 2 N–H and O–H groups in total. The second-order valence-corrected chi connectivity index (χ2v) is 8.24. The van der Waals surface area contributed by atoms with Crippen molar-refractivity contribution < 1.29 is 19.1 Å². The van der Waals surface area contributed by atoms with Gasteiger partial charge in [-0.25, -0.2) is 0 Å². The van der Waals surface area contributed by atoms with Crippen LogP contribution >= 0.6 is 11.3 Å². The van der Waals surface area contributed by atoms with Crippen molar-refractivity contribution >= 4 is 28.3 Å². The summed E-state index contributed by atoms with van der Waals surface area (Å²) in [6.07, 6.45) is 3.40. The molecule has 1 spiro atoms. The SMILES string of the molecule is O=C(CCCC(=O)NC1CC2(CCOCC2)Oc2ccccc21)Nc1nncs1. The average molecular weight is 417 g/mol. The molecule has 1 aromatic carbocycles. The molecule has 1 atom stereocenters. The van der Waals surface area contributed by atoms with E-state index in [9.17, 15) is 9.59 Å². The number of para-hydroxylation sites is 1. The van der Waals surface area contributed by atoms with Gasteiger partial charge in [0.1, 0.15) is 16.9 Å². The molecule has 8 nitrogen and oxygen atoms in total. The van der Waals surface area contributed by atoms with Crippen molar-refractivity contribution in [2.45, 2.75) is 50.2 Å². The Hall–Kier alpha value is -2.52. The van der Waals surface area contributed by atoms with Gasteiger partial charge >= 0.3 is 0 Å². The van der Waals surface area contributed by atoms with Crippen molar-refractivity contribution in [3.63, 3.8) is 0 Å². The van der Waals surface area contributed by atoms with Gasteiger partial charge in [-0.15, -0.1) is 10.2 Å². The highest BCUT2D eigenvalue weighted by atomic mass is 32.1. The number of hydrogen-bond donors (Lipinski definition) is 2. The van der Waals surface area contributed by atoms with Gasteiger partial charge in [-0.3, -0.25) is 9.59 Å². The number of ether oxygens (including phenoxy) is 2. The molecular weight excluding hydrogens is 392 g/mol. The van der Waals surface area contributed by atoms with Crippen LogP contribution in [0.1, 0.15) is 50.1 Å². The third kappa shape index (κ3) is 4.91. The lowest BCUT2D eigenvalue weighted by atomic mass is 9.82. The lowest BCUT2D eigenvalue weighted by molar-refractivity contribution is -0.123. The van der Waals surface area contributed by atoms with E-state index < -0.39 is 0 Å². The fourth-order valence-electron chi connectivity index (χ4n) is 3.88. The van der Waals surface area contributed by atoms with Gasteiger partial charge in [-0.05, 0) is 12.5 Å². The molecule has 154 valence electrons. The summed E-state index contributed by atoms with van der Waals surface area (Å²) in [4.78, 5) is 24.5. The normalized spacial score (nSPS) is 19.8. The van der Waals surface area contributed by atoms with E-state index in [1.807, 2.05) is 24.3 Å². The molecule has 1 aromatic heterocycles. The minimum atomic E-state index is -0.286. The van der Waals surface area contributed by atoms with Gasteiger partial charge < -0.3 is 20.1 Å². The van der Waals surface area contributed by atoms with Gasteiger partial charge in [0.2, 0.25) is 16.9 Å². The number of aromatic nitrogens is 2. The smallest absolute Gasteiger partial charge is 0.226 e. The zero-order valence-electron chi connectivity index (χ0n) is 16.1. The van der Waals surface area contributed by atoms with E-state index in [1.165, 1.54) is 11.3 Å². The number of rotatable bonds is 6. The predicted molar refractivity (Wildman–Crippen MR) is 108 cm³/mol. The lowest BCUT2D eigenvalue weighted by Gasteiger charge is -2.44. The molecule has 3 heterocycles. The summed E-state index contributed by atoms with van der Waals surface area (Å²) in [5.41, 5.74) is 2.28. The topological polar surface area (TPSA) is 102 Å². The Kier molecular flexibility index (Phi) is 6.05. The number of benzene rings is 1. The number of nitrogens with zero attached hydrogens (tertiary/aromatic N) is 2. The van der Waals surface area contributed by atoms with Crippen LogP contribution in [0.25, 0.3) is 0 Å². The van der Waals surface area contributed by atoms with Crippen molar-refractivity contribution in [3.8, 4) is 5.75 Å². The maximum Gasteiger partial charge on any atom is 0.226 e. The van der Waals surface area contributed by atoms with E-state index in [4.69, 9.17) is 9.47 Å². The summed E-state index contributed by atoms with van der Waals surface area (Å²) in [7, 11) is 0. The molecule has 1 fully saturated rings. The van der Waals surface area contributed by atoms with Gasteiger partial charge in [-0.2, -0.15) is 0 Å². The van der Waals surface area contributed by atoms with Crippen molar-refractivity contribution in [3.05, 3.63) is 35.3 Å². The summed E-state index contributed by atoms with van der Waals surface area (Å²) >= 11 is 1.26. The molecule has 4 rings (SSSR count). The molecule has 29 heavy (non-hydrogen) atoms. The van der Waals surface area contributed by atoms with Crippen molar-refractivity contribution in [2.75, 3.05) is 18.5 Å². The molecule has 1 saturated heterocycles. The van der Waals surface area contributed by atoms with Crippen LogP contribution in [0.2, 0.25) is 0 Å². The highest BCUT2D eigenvalue weighted by Crippen LogP contribution is 2.43. The summed E-state index contributed by atoms with van der Waals surface area (Å²) in [5, 5.41) is 13.8. The molecule has 2 aromatic rings. The Morgan fingerprint density at radius 2 is 1.97 bits per heavy atom. The van der Waals surface area contributed by atoms with E-state index in [-0.39, 0.29) is 29.9 Å². The first-order valence-corrected chi connectivity index (χ1v) is 10.7. The largest absolute Gasteiger partial charge is 0.487 e. The number of carbonyl (C=O) groups excluding carboxylic acids is 2. The zero-order valence-corrected chi connectivity index (χ0v) is 16.9. The highest BCUT2D eigenvalue weighted by molar-refractivity contribution is 7.13. The van der Waals surface area contributed by atoms with Crippen molar-refractivity contribution in [2.24, 2.45) is 0 Å². The Morgan fingerprint density at radius 3 is 2.76 bits per heavy atom. The van der Waals surface area contributed by atoms with E-state index >= 15 is 0 Å². The second-order valence-electron chi connectivity index (χ2n) is 7.41. The van der Waals surface area contributed by atoms with Gasteiger partial charge in [0.25, 0.3) is 0 Å². The predicted octanol–water partition coefficient (Wildman–Crippen LogP) is 2.84. The summed E-state index contributed by atoms with van der Waals surface area (Å²) in [6, 6.07) is 7.78. The molecule has 0 radical (unpaired) electrons. The number of hydrogen-bond acceptors (Lipinski definition) is 7. The van der Waals surface area contributed by atoms with Crippen LogP contribution in [0.15, 0.2) is 29.8 Å². The minimum absolute atomic E-state index is 0.0578. The first kappa shape index (κ1) is 19.8. The van der Waals surface area contributed by atoms with Crippen LogP contribution < -0.4 is 15.4 Å². The molecule has 0 saturated carbocycles. The van der Waals surface area contributed by atoms with E-state index in [1.54, 1.807) is 5.51 Å². The zero-order chi connectivity index (χ0) is 20.1. The van der Waals surface area contributed by atoms with Crippen molar-refractivity contribution in [1.82, 2.24) is 15.5 Å². The first-order valence-electron chi connectivity index (χ1n) is 9.85. The molecule has 2 amide bonds.